The van der Waals surface area contributed by atoms with Crippen molar-refractivity contribution in [2.24, 2.45) is 17.8 Å². The van der Waals surface area contributed by atoms with Crippen LogP contribution < -0.4 is 0 Å². The fourth-order valence-corrected chi connectivity index (χ4v) is 2.82. The SMILES string of the molecule is CC1C2CN(C(=O)OC(C)(C)C)[C@@H](CO)C12. The van der Waals surface area contributed by atoms with Crippen LogP contribution in [0.15, 0.2) is 0 Å². The molecule has 92 valence electrons. The average molecular weight is 227 g/mol. The van der Waals surface area contributed by atoms with Crippen LogP contribution in [0.1, 0.15) is 27.7 Å². The topological polar surface area (TPSA) is 49.8 Å². The van der Waals surface area contributed by atoms with E-state index < -0.39 is 5.60 Å². The number of amides is 1. The first-order valence-electron chi connectivity index (χ1n) is 5.95. The van der Waals surface area contributed by atoms with Crippen LogP contribution in [0.25, 0.3) is 0 Å². The Balaban J connectivity index is 1.98. The predicted molar refractivity (Wildman–Crippen MR) is 60.0 cm³/mol. The van der Waals surface area contributed by atoms with Gasteiger partial charge in [0, 0.05) is 6.54 Å². The third-order valence-electron chi connectivity index (χ3n) is 3.70. The number of nitrogens with zero attached hydrogens (tertiary/aromatic N) is 1. The van der Waals surface area contributed by atoms with Gasteiger partial charge in [-0.05, 0) is 38.5 Å². The molecule has 16 heavy (non-hydrogen) atoms. The standard InChI is InChI=1S/C12H21NO3/c1-7-8-5-13(9(6-14)10(7)8)11(15)16-12(2,3)4/h7-10,14H,5-6H2,1-4H3/t7?,8?,9-,10?/m0/s1. The summed E-state index contributed by atoms with van der Waals surface area (Å²) in [6.07, 6.45) is -0.286. The lowest BCUT2D eigenvalue weighted by Gasteiger charge is -2.30. The molecule has 1 saturated carbocycles. The van der Waals surface area contributed by atoms with E-state index in [1.165, 1.54) is 0 Å². The van der Waals surface area contributed by atoms with Crippen molar-refractivity contribution in [3.05, 3.63) is 0 Å². The van der Waals surface area contributed by atoms with Gasteiger partial charge in [-0.3, -0.25) is 0 Å². The minimum atomic E-state index is -0.463. The number of hydrogen-bond acceptors (Lipinski definition) is 3. The molecule has 1 heterocycles. The van der Waals surface area contributed by atoms with Gasteiger partial charge in [0.05, 0.1) is 12.6 Å². The highest BCUT2D eigenvalue weighted by atomic mass is 16.6. The Morgan fingerprint density at radius 2 is 2.12 bits per heavy atom. The molecule has 4 heteroatoms. The van der Waals surface area contributed by atoms with Crippen molar-refractivity contribution < 1.29 is 14.6 Å². The zero-order valence-corrected chi connectivity index (χ0v) is 10.4. The fourth-order valence-electron chi connectivity index (χ4n) is 2.82. The fraction of sp³-hybridized carbons (Fsp3) is 0.917. The molecule has 1 N–H and O–H groups in total. The Labute approximate surface area is 96.6 Å². The Morgan fingerprint density at radius 1 is 1.50 bits per heavy atom. The van der Waals surface area contributed by atoms with E-state index in [9.17, 15) is 9.90 Å². The van der Waals surface area contributed by atoms with Crippen LogP contribution in [0.4, 0.5) is 4.79 Å². The van der Waals surface area contributed by atoms with Crippen molar-refractivity contribution in [2.75, 3.05) is 13.2 Å². The summed E-state index contributed by atoms with van der Waals surface area (Å²) in [4.78, 5) is 13.6. The molecule has 2 aliphatic rings. The third-order valence-corrected chi connectivity index (χ3v) is 3.70. The van der Waals surface area contributed by atoms with Gasteiger partial charge in [0.1, 0.15) is 5.60 Å². The molecule has 2 rings (SSSR count). The minimum absolute atomic E-state index is 0.0325. The van der Waals surface area contributed by atoms with E-state index >= 15 is 0 Å². The normalized spacial score (nSPS) is 37.2. The zero-order chi connectivity index (χ0) is 12.1. The van der Waals surface area contributed by atoms with Gasteiger partial charge in [-0.2, -0.15) is 0 Å². The second kappa shape index (κ2) is 3.62. The van der Waals surface area contributed by atoms with Gasteiger partial charge in [0.15, 0.2) is 0 Å². The number of rotatable bonds is 1. The lowest BCUT2D eigenvalue weighted by molar-refractivity contribution is 0.0119. The maximum absolute atomic E-state index is 11.9. The molecule has 1 aliphatic carbocycles. The van der Waals surface area contributed by atoms with Crippen LogP contribution in [0.2, 0.25) is 0 Å². The predicted octanol–water partition coefficient (Wildman–Crippen LogP) is 1.48. The van der Waals surface area contributed by atoms with Crippen molar-refractivity contribution in [3.8, 4) is 0 Å². The second-order valence-electron chi connectivity index (χ2n) is 5.98. The summed E-state index contributed by atoms with van der Waals surface area (Å²) in [7, 11) is 0. The largest absolute Gasteiger partial charge is 0.444 e. The van der Waals surface area contributed by atoms with Gasteiger partial charge in [-0.25, -0.2) is 4.79 Å². The summed E-state index contributed by atoms with van der Waals surface area (Å²) in [6.45, 7) is 8.55. The monoisotopic (exact) mass is 227 g/mol. The molecule has 0 aromatic carbocycles. The zero-order valence-electron chi connectivity index (χ0n) is 10.4. The van der Waals surface area contributed by atoms with E-state index in [0.29, 0.717) is 17.8 Å². The molecule has 0 aromatic heterocycles. The van der Waals surface area contributed by atoms with E-state index in [1.807, 2.05) is 20.8 Å². The number of piperidine rings is 1. The number of fused-ring (bicyclic) bond motifs is 1. The number of carbonyl (C=O) groups excluding carboxylic acids is 1. The first-order valence-corrected chi connectivity index (χ1v) is 5.95. The summed E-state index contributed by atoms with van der Waals surface area (Å²) < 4.78 is 5.33. The van der Waals surface area contributed by atoms with Crippen LogP contribution in [-0.2, 0) is 4.74 Å². The van der Waals surface area contributed by atoms with Crippen molar-refractivity contribution >= 4 is 6.09 Å². The highest BCUT2D eigenvalue weighted by Gasteiger charge is 2.60. The molecule has 0 radical (unpaired) electrons. The Hall–Kier alpha value is -0.770. The van der Waals surface area contributed by atoms with Crippen molar-refractivity contribution in [2.45, 2.75) is 39.3 Å². The Kier molecular flexibility index (Phi) is 2.65. The first-order chi connectivity index (χ1) is 7.35. The van der Waals surface area contributed by atoms with Gasteiger partial charge in [-0.1, -0.05) is 6.92 Å². The van der Waals surface area contributed by atoms with E-state index in [0.717, 1.165) is 6.54 Å². The summed E-state index contributed by atoms with van der Waals surface area (Å²) in [5.74, 6) is 1.71. The minimum Gasteiger partial charge on any atom is -0.444 e. The summed E-state index contributed by atoms with van der Waals surface area (Å²) in [6, 6.07) is -0.0325. The lowest BCUT2D eigenvalue weighted by Crippen LogP contribution is -2.44. The van der Waals surface area contributed by atoms with Crippen LogP contribution >= 0.6 is 0 Å². The highest BCUT2D eigenvalue weighted by Crippen LogP contribution is 2.55. The first kappa shape index (κ1) is 11.7. The number of hydrogen-bond donors (Lipinski definition) is 1. The number of aliphatic hydroxyl groups excluding tert-OH is 1. The highest BCUT2D eigenvalue weighted by molar-refractivity contribution is 5.69. The van der Waals surface area contributed by atoms with Crippen molar-refractivity contribution in [1.29, 1.82) is 0 Å². The van der Waals surface area contributed by atoms with Crippen LogP contribution in [-0.4, -0.2) is 40.9 Å². The number of ether oxygens (including phenoxy) is 1. The van der Waals surface area contributed by atoms with E-state index in [-0.39, 0.29) is 18.7 Å². The number of likely N-dealkylation sites (tertiary alicyclic amines) is 1. The Morgan fingerprint density at radius 3 is 2.62 bits per heavy atom. The van der Waals surface area contributed by atoms with Crippen LogP contribution in [0.5, 0.6) is 0 Å². The molecule has 4 atom stereocenters. The van der Waals surface area contributed by atoms with Crippen molar-refractivity contribution in [3.63, 3.8) is 0 Å². The molecule has 1 aliphatic heterocycles. The lowest BCUT2D eigenvalue weighted by atomic mass is 10.1. The van der Waals surface area contributed by atoms with E-state index in [2.05, 4.69) is 6.92 Å². The molecule has 3 unspecified atom stereocenters. The van der Waals surface area contributed by atoms with E-state index in [4.69, 9.17) is 4.74 Å². The van der Waals surface area contributed by atoms with Gasteiger partial charge in [0.2, 0.25) is 0 Å². The third kappa shape index (κ3) is 1.90. The summed E-state index contributed by atoms with van der Waals surface area (Å²) in [5, 5.41) is 9.35. The van der Waals surface area contributed by atoms with Gasteiger partial charge < -0.3 is 14.7 Å². The maximum Gasteiger partial charge on any atom is 0.410 e. The molecule has 4 nitrogen and oxygen atoms in total. The molecule has 0 spiro atoms. The van der Waals surface area contributed by atoms with Crippen molar-refractivity contribution in [1.82, 2.24) is 4.90 Å². The summed E-state index contributed by atoms with van der Waals surface area (Å²) in [5.41, 5.74) is -0.463. The van der Waals surface area contributed by atoms with Gasteiger partial charge >= 0.3 is 6.09 Å². The molecule has 0 aromatic rings. The molecule has 2 fully saturated rings. The van der Waals surface area contributed by atoms with Gasteiger partial charge in [0.25, 0.3) is 0 Å². The van der Waals surface area contributed by atoms with E-state index in [1.54, 1.807) is 4.90 Å². The second-order valence-corrected chi connectivity index (χ2v) is 5.98. The molecule has 1 saturated heterocycles. The molecule has 0 bridgehead atoms. The quantitative estimate of drug-likeness (QED) is 0.738. The number of aliphatic hydroxyl groups is 1. The summed E-state index contributed by atoms with van der Waals surface area (Å²) >= 11 is 0. The average Bonchev–Trinajstić information content (AvgIpc) is 2.61. The van der Waals surface area contributed by atoms with Crippen LogP contribution in [0, 0.1) is 17.8 Å². The molecular weight excluding hydrogens is 206 g/mol. The smallest absolute Gasteiger partial charge is 0.410 e. The van der Waals surface area contributed by atoms with Crippen LogP contribution in [0.3, 0.4) is 0 Å². The Bertz CT molecular complexity index is 297. The molecular formula is C12H21NO3. The number of carbonyl (C=O) groups is 1. The van der Waals surface area contributed by atoms with Gasteiger partial charge in [-0.15, -0.1) is 0 Å². The molecule has 1 amide bonds. The maximum atomic E-state index is 11.9.